The van der Waals surface area contributed by atoms with Crippen LogP contribution in [0.1, 0.15) is 35.3 Å². The number of nitrogens with one attached hydrogen (secondary N) is 1. The summed E-state index contributed by atoms with van der Waals surface area (Å²) in [6.45, 7) is 0.545. The van der Waals surface area contributed by atoms with Gasteiger partial charge in [-0.15, -0.1) is 0 Å². The molecule has 132 valence electrons. The number of halogens is 2. The second-order valence-corrected chi connectivity index (χ2v) is 5.92. The van der Waals surface area contributed by atoms with E-state index in [0.29, 0.717) is 18.7 Å². The van der Waals surface area contributed by atoms with Crippen LogP contribution in [0.25, 0.3) is 0 Å². The zero-order chi connectivity index (χ0) is 18.0. The van der Waals surface area contributed by atoms with Crippen LogP contribution in [0.3, 0.4) is 0 Å². The molecular weight excluding hydrogens is 330 g/mol. The highest BCUT2D eigenvalue weighted by molar-refractivity contribution is 6.07. The largest absolute Gasteiger partial charge is 0.496 e. The molecule has 0 saturated carbocycles. The number of pyridine rings is 1. The SMILES string of the molecule is COc1cc(=O)n2c(c1C(=O)Nc1ccc(F)c(F)c1)CCCCC2. The lowest BCUT2D eigenvalue weighted by atomic mass is 10.1. The normalized spacial score (nSPS) is 13.7. The van der Waals surface area contributed by atoms with Crippen LogP contribution in [0.15, 0.2) is 29.1 Å². The summed E-state index contributed by atoms with van der Waals surface area (Å²) in [6.07, 6.45) is 3.27. The van der Waals surface area contributed by atoms with E-state index in [4.69, 9.17) is 4.74 Å². The lowest BCUT2D eigenvalue weighted by molar-refractivity contribution is 0.102. The van der Waals surface area contributed by atoms with Gasteiger partial charge in [-0.05, 0) is 31.4 Å². The van der Waals surface area contributed by atoms with E-state index < -0.39 is 17.5 Å². The zero-order valence-electron chi connectivity index (χ0n) is 13.8. The molecule has 0 unspecified atom stereocenters. The molecule has 3 rings (SSSR count). The molecule has 1 aliphatic rings. The summed E-state index contributed by atoms with van der Waals surface area (Å²) in [5.74, 6) is -2.38. The molecule has 0 atom stereocenters. The minimum atomic E-state index is -1.05. The topological polar surface area (TPSA) is 60.3 Å². The van der Waals surface area contributed by atoms with Crippen molar-refractivity contribution in [3.8, 4) is 5.75 Å². The second kappa shape index (κ2) is 7.04. The van der Waals surface area contributed by atoms with Gasteiger partial charge in [-0.3, -0.25) is 9.59 Å². The van der Waals surface area contributed by atoms with E-state index in [-0.39, 0.29) is 22.6 Å². The second-order valence-electron chi connectivity index (χ2n) is 5.92. The van der Waals surface area contributed by atoms with Gasteiger partial charge in [-0.1, -0.05) is 6.42 Å². The van der Waals surface area contributed by atoms with Gasteiger partial charge in [0.25, 0.3) is 11.5 Å². The van der Waals surface area contributed by atoms with Crippen LogP contribution in [0, 0.1) is 11.6 Å². The first-order valence-electron chi connectivity index (χ1n) is 8.08. The minimum absolute atomic E-state index is 0.129. The molecule has 0 saturated heterocycles. The van der Waals surface area contributed by atoms with Crippen LogP contribution >= 0.6 is 0 Å². The summed E-state index contributed by atoms with van der Waals surface area (Å²) in [7, 11) is 1.39. The molecule has 25 heavy (non-hydrogen) atoms. The average Bonchev–Trinajstić information content (AvgIpc) is 2.84. The Morgan fingerprint density at radius 1 is 1.16 bits per heavy atom. The average molecular weight is 348 g/mol. The maximum atomic E-state index is 13.4. The van der Waals surface area contributed by atoms with Gasteiger partial charge in [-0.25, -0.2) is 8.78 Å². The number of benzene rings is 1. The van der Waals surface area contributed by atoms with Crippen molar-refractivity contribution in [2.45, 2.75) is 32.2 Å². The van der Waals surface area contributed by atoms with Gasteiger partial charge >= 0.3 is 0 Å². The number of nitrogens with zero attached hydrogens (tertiary/aromatic N) is 1. The third-order valence-corrected chi connectivity index (χ3v) is 4.30. The number of hydrogen-bond acceptors (Lipinski definition) is 3. The van der Waals surface area contributed by atoms with Gasteiger partial charge in [0, 0.05) is 30.1 Å². The summed E-state index contributed by atoms with van der Waals surface area (Å²) >= 11 is 0. The van der Waals surface area contributed by atoms with Crippen LogP contribution in [0.4, 0.5) is 14.5 Å². The first-order chi connectivity index (χ1) is 12.0. The van der Waals surface area contributed by atoms with E-state index in [1.165, 1.54) is 19.2 Å². The lowest BCUT2D eigenvalue weighted by Gasteiger charge is -2.17. The Balaban J connectivity index is 2.04. The van der Waals surface area contributed by atoms with Gasteiger partial charge in [0.15, 0.2) is 11.6 Å². The summed E-state index contributed by atoms with van der Waals surface area (Å²) < 4.78 is 33.2. The fraction of sp³-hybridized carbons (Fsp3) is 0.333. The predicted octanol–water partition coefficient (Wildman–Crippen LogP) is 3.11. The first kappa shape index (κ1) is 17.1. The molecule has 0 spiro atoms. The van der Waals surface area contributed by atoms with Gasteiger partial charge in [0.2, 0.25) is 0 Å². The van der Waals surface area contributed by atoms with Crippen molar-refractivity contribution in [2.75, 3.05) is 12.4 Å². The third-order valence-electron chi connectivity index (χ3n) is 4.30. The lowest BCUT2D eigenvalue weighted by Crippen LogP contribution is -2.27. The minimum Gasteiger partial charge on any atom is -0.496 e. The molecular formula is C18H18F2N2O3. The molecule has 2 heterocycles. The molecule has 2 aromatic rings. The number of methoxy groups -OCH3 is 1. The number of carbonyl (C=O) groups excluding carboxylic acids is 1. The monoisotopic (exact) mass is 348 g/mol. The van der Waals surface area contributed by atoms with Crippen molar-refractivity contribution in [1.82, 2.24) is 4.57 Å². The number of carbonyl (C=O) groups is 1. The molecule has 5 nitrogen and oxygen atoms in total. The summed E-state index contributed by atoms with van der Waals surface area (Å²) in [4.78, 5) is 25.0. The third kappa shape index (κ3) is 3.40. The Labute approximate surface area is 143 Å². The molecule has 7 heteroatoms. The number of fused-ring (bicyclic) bond motifs is 1. The highest BCUT2D eigenvalue weighted by Gasteiger charge is 2.23. The Hall–Kier alpha value is -2.70. The maximum absolute atomic E-state index is 13.4. The number of ether oxygens (including phenoxy) is 1. The fourth-order valence-electron chi connectivity index (χ4n) is 3.09. The van der Waals surface area contributed by atoms with Crippen LogP contribution in [-0.4, -0.2) is 17.6 Å². The number of hydrogen-bond donors (Lipinski definition) is 1. The molecule has 1 aliphatic heterocycles. The molecule has 0 aliphatic carbocycles. The fourth-order valence-corrected chi connectivity index (χ4v) is 3.09. The standard InChI is InChI=1S/C18H18F2N2O3/c1-25-15-10-16(23)22-8-4-2-3-5-14(22)17(15)18(24)21-11-6-7-12(19)13(20)9-11/h6-7,9-10H,2-5,8H2,1H3,(H,21,24). The number of amides is 1. The molecule has 0 bridgehead atoms. The number of anilines is 1. The summed E-state index contributed by atoms with van der Waals surface area (Å²) in [5.41, 5.74) is 0.790. The van der Waals surface area contributed by atoms with E-state index in [2.05, 4.69) is 5.32 Å². The molecule has 0 fully saturated rings. The van der Waals surface area contributed by atoms with Gasteiger partial charge < -0.3 is 14.6 Å². The first-order valence-corrected chi connectivity index (χ1v) is 8.08. The van der Waals surface area contributed by atoms with Crippen LogP contribution in [0.5, 0.6) is 5.75 Å². The van der Waals surface area contributed by atoms with Crippen molar-refractivity contribution in [2.24, 2.45) is 0 Å². The van der Waals surface area contributed by atoms with Crippen molar-refractivity contribution in [3.63, 3.8) is 0 Å². The maximum Gasteiger partial charge on any atom is 0.261 e. The van der Waals surface area contributed by atoms with Crippen molar-refractivity contribution in [3.05, 3.63) is 57.5 Å². The summed E-state index contributed by atoms with van der Waals surface area (Å²) in [5, 5.41) is 2.55. The number of aromatic nitrogens is 1. The van der Waals surface area contributed by atoms with Crippen LogP contribution < -0.4 is 15.6 Å². The molecule has 1 aromatic heterocycles. The van der Waals surface area contributed by atoms with Crippen molar-refractivity contribution >= 4 is 11.6 Å². The van der Waals surface area contributed by atoms with E-state index in [0.717, 1.165) is 31.4 Å². The van der Waals surface area contributed by atoms with Crippen LogP contribution in [-0.2, 0) is 13.0 Å². The van der Waals surface area contributed by atoms with Gasteiger partial charge in [-0.2, -0.15) is 0 Å². The van der Waals surface area contributed by atoms with Crippen molar-refractivity contribution < 1.29 is 18.3 Å². The van der Waals surface area contributed by atoms with E-state index in [9.17, 15) is 18.4 Å². The molecule has 0 radical (unpaired) electrons. The molecule has 1 N–H and O–H groups in total. The van der Waals surface area contributed by atoms with Crippen LogP contribution in [0.2, 0.25) is 0 Å². The molecule has 1 aromatic carbocycles. The highest BCUT2D eigenvalue weighted by Crippen LogP contribution is 2.26. The Kier molecular flexibility index (Phi) is 4.83. The van der Waals surface area contributed by atoms with Gasteiger partial charge in [0.05, 0.1) is 7.11 Å². The van der Waals surface area contributed by atoms with Crippen molar-refractivity contribution in [1.29, 1.82) is 0 Å². The smallest absolute Gasteiger partial charge is 0.261 e. The predicted molar refractivity (Wildman–Crippen MR) is 89.1 cm³/mol. The Morgan fingerprint density at radius 3 is 2.68 bits per heavy atom. The van der Waals surface area contributed by atoms with E-state index >= 15 is 0 Å². The highest BCUT2D eigenvalue weighted by atomic mass is 19.2. The Morgan fingerprint density at radius 2 is 1.96 bits per heavy atom. The Bertz CT molecular complexity index is 877. The number of rotatable bonds is 3. The summed E-state index contributed by atoms with van der Waals surface area (Å²) in [6, 6.07) is 4.41. The van der Waals surface area contributed by atoms with Gasteiger partial charge in [0.1, 0.15) is 11.3 Å². The molecule has 1 amide bonds. The van der Waals surface area contributed by atoms with E-state index in [1.54, 1.807) is 4.57 Å². The quantitative estimate of drug-likeness (QED) is 0.927. The zero-order valence-corrected chi connectivity index (χ0v) is 13.8. The van der Waals surface area contributed by atoms with E-state index in [1.807, 2.05) is 0 Å².